The van der Waals surface area contributed by atoms with Gasteiger partial charge >= 0.3 is 12.0 Å². The smallest absolute Gasteiger partial charge is 0.325 e. The maximum Gasteiger partial charge on any atom is 0.325 e. The lowest BCUT2D eigenvalue weighted by Gasteiger charge is -2.27. The molecule has 132 valence electrons. The summed E-state index contributed by atoms with van der Waals surface area (Å²) >= 11 is 1.19. The highest BCUT2D eigenvalue weighted by Crippen LogP contribution is 2.26. The molecule has 1 rings (SSSR count). The summed E-state index contributed by atoms with van der Waals surface area (Å²) in [6.45, 7) is 4.02. The van der Waals surface area contributed by atoms with Crippen LogP contribution >= 0.6 is 11.8 Å². The van der Waals surface area contributed by atoms with E-state index in [-0.39, 0.29) is 11.1 Å². The van der Waals surface area contributed by atoms with Gasteiger partial charge in [0.15, 0.2) is 5.12 Å². The summed E-state index contributed by atoms with van der Waals surface area (Å²) in [5.41, 5.74) is 0. The number of carboxylic acid groups (broad SMARTS) is 1. The summed E-state index contributed by atoms with van der Waals surface area (Å²) in [4.78, 5) is 35.8. The van der Waals surface area contributed by atoms with Gasteiger partial charge in [-0.2, -0.15) is 0 Å². The molecule has 1 aliphatic rings. The molecular formula is C16H28N2O4S. The summed E-state index contributed by atoms with van der Waals surface area (Å²) < 4.78 is 0. The fraction of sp³-hybridized carbons (Fsp3) is 0.812. The quantitative estimate of drug-likeness (QED) is 0.707. The molecule has 1 aliphatic carbocycles. The van der Waals surface area contributed by atoms with E-state index in [0.717, 1.165) is 6.42 Å². The Labute approximate surface area is 142 Å². The van der Waals surface area contributed by atoms with E-state index in [1.807, 2.05) is 0 Å². The van der Waals surface area contributed by atoms with Crippen LogP contribution in [0.5, 0.6) is 0 Å². The first kappa shape index (κ1) is 19.8. The van der Waals surface area contributed by atoms with Crippen molar-refractivity contribution in [3.63, 3.8) is 0 Å². The van der Waals surface area contributed by atoms with Gasteiger partial charge in [0.25, 0.3) is 0 Å². The molecule has 1 atom stereocenters. The van der Waals surface area contributed by atoms with Crippen LogP contribution in [0.15, 0.2) is 0 Å². The maximum absolute atomic E-state index is 12.3. The van der Waals surface area contributed by atoms with Gasteiger partial charge < -0.3 is 15.3 Å². The second-order valence-electron chi connectivity index (χ2n) is 6.13. The molecular weight excluding hydrogens is 316 g/mol. The summed E-state index contributed by atoms with van der Waals surface area (Å²) in [7, 11) is 0. The number of carbonyl (C=O) groups is 3. The Morgan fingerprint density at radius 3 is 2.43 bits per heavy atom. The van der Waals surface area contributed by atoms with Gasteiger partial charge in [0.05, 0.1) is 0 Å². The van der Waals surface area contributed by atoms with Gasteiger partial charge in [0.2, 0.25) is 0 Å². The zero-order valence-corrected chi connectivity index (χ0v) is 14.9. The molecule has 0 spiro atoms. The predicted octanol–water partition coefficient (Wildman–Crippen LogP) is 2.72. The number of amides is 2. The number of urea groups is 1. The molecule has 0 aromatic carbocycles. The molecule has 0 unspecified atom stereocenters. The molecule has 6 nitrogen and oxygen atoms in total. The molecule has 0 aromatic rings. The highest BCUT2D eigenvalue weighted by molar-refractivity contribution is 8.13. The Balaban J connectivity index is 2.50. The standard InChI is InChI=1S/C16H28N2O4S/c1-12(15(20)21)17-16(22)18(10-11-23-13(2)19)9-8-14-6-4-3-5-7-14/h12,14H,3-11H2,1-2H3,(H,17,22)(H,20,21)/t12-/m0/s1. The number of hydrogen-bond acceptors (Lipinski definition) is 4. The number of nitrogens with one attached hydrogen (secondary N) is 1. The number of carboxylic acids is 1. The minimum Gasteiger partial charge on any atom is -0.480 e. The second kappa shape index (κ2) is 10.5. The number of carbonyl (C=O) groups excluding carboxylic acids is 2. The van der Waals surface area contributed by atoms with Crippen LogP contribution in [0.1, 0.15) is 52.4 Å². The molecule has 0 saturated heterocycles. The Morgan fingerprint density at radius 2 is 1.87 bits per heavy atom. The Bertz CT molecular complexity index is 411. The van der Waals surface area contributed by atoms with Crippen molar-refractivity contribution in [2.45, 2.75) is 58.4 Å². The first-order valence-corrected chi connectivity index (χ1v) is 9.30. The van der Waals surface area contributed by atoms with Crippen LogP contribution in [0.4, 0.5) is 4.79 Å². The van der Waals surface area contributed by atoms with Gasteiger partial charge in [-0.1, -0.05) is 43.9 Å². The van der Waals surface area contributed by atoms with E-state index in [2.05, 4.69) is 5.32 Å². The first-order chi connectivity index (χ1) is 10.9. The third-order valence-electron chi connectivity index (χ3n) is 4.20. The van der Waals surface area contributed by atoms with Crippen molar-refractivity contribution in [1.29, 1.82) is 0 Å². The SMILES string of the molecule is CC(=O)SCCN(CCC1CCCCC1)C(=O)N[C@@H](C)C(=O)O. The lowest BCUT2D eigenvalue weighted by molar-refractivity contribution is -0.138. The molecule has 0 aliphatic heterocycles. The van der Waals surface area contributed by atoms with E-state index >= 15 is 0 Å². The molecule has 0 bridgehead atoms. The van der Waals surface area contributed by atoms with Crippen LogP contribution in [0.25, 0.3) is 0 Å². The normalized spacial score (nSPS) is 16.6. The molecule has 1 fully saturated rings. The van der Waals surface area contributed by atoms with Crippen molar-refractivity contribution in [1.82, 2.24) is 10.2 Å². The molecule has 0 radical (unpaired) electrons. The molecule has 2 N–H and O–H groups in total. The Morgan fingerprint density at radius 1 is 1.22 bits per heavy atom. The van der Waals surface area contributed by atoms with Crippen LogP contribution in [0, 0.1) is 5.92 Å². The summed E-state index contributed by atoms with van der Waals surface area (Å²) in [6, 6.07) is -1.28. The summed E-state index contributed by atoms with van der Waals surface area (Å²) in [6.07, 6.45) is 7.18. The van der Waals surface area contributed by atoms with Crippen LogP contribution in [-0.4, -0.2) is 52.0 Å². The highest BCUT2D eigenvalue weighted by Gasteiger charge is 2.21. The van der Waals surface area contributed by atoms with Crippen molar-refractivity contribution in [2.24, 2.45) is 5.92 Å². The van der Waals surface area contributed by atoms with Crippen LogP contribution in [0.2, 0.25) is 0 Å². The number of nitrogens with zero attached hydrogens (tertiary/aromatic N) is 1. The monoisotopic (exact) mass is 344 g/mol. The minimum atomic E-state index is -1.05. The van der Waals surface area contributed by atoms with E-state index in [9.17, 15) is 14.4 Å². The average molecular weight is 344 g/mol. The predicted molar refractivity (Wildman–Crippen MR) is 91.5 cm³/mol. The fourth-order valence-corrected chi connectivity index (χ4v) is 3.37. The van der Waals surface area contributed by atoms with Gasteiger partial charge in [0.1, 0.15) is 6.04 Å². The summed E-state index contributed by atoms with van der Waals surface area (Å²) in [5, 5.41) is 11.4. The zero-order valence-electron chi connectivity index (χ0n) is 14.0. The lowest BCUT2D eigenvalue weighted by atomic mass is 9.87. The summed E-state index contributed by atoms with van der Waals surface area (Å²) in [5.74, 6) is 0.134. The topological polar surface area (TPSA) is 86.7 Å². The van der Waals surface area contributed by atoms with E-state index in [1.165, 1.54) is 57.7 Å². The molecule has 0 heterocycles. The molecule has 2 amide bonds. The largest absolute Gasteiger partial charge is 0.480 e. The van der Waals surface area contributed by atoms with E-state index in [4.69, 9.17) is 5.11 Å². The van der Waals surface area contributed by atoms with Gasteiger partial charge in [-0.15, -0.1) is 0 Å². The minimum absolute atomic E-state index is 0.0246. The third-order valence-corrected chi connectivity index (χ3v) is 4.99. The molecule has 7 heteroatoms. The van der Waals surface area contributed by atoms with Gasteiger partial charge in [-0.3, -0.25) is 9.59 Å². The Hall–Kier alpha value is -1.24. The fourth-order valence-electron chi connectivity index (χ4n) is 2.77. The van der Waals surface area contributed by atoms with E-state index < -0.39 is 12.0 Å². The van der Waals surface area contributed by atoms with Crippen molar-refractivity contribution in [3.05, 3.63) is 0 Å². The third kappa shape index (κ3) is 8.25. The number of hydrogen-bond donors (Lipinski definition) is 2. The van der Waals surface area contributed by atoms with Crippen molar-refractivity contribution >= 4 is 28.9 Å². The van der Waals surface area contributed by atoms with Crippen molar-refractivity contribution < 1.29 is 19.5 Å². The van der Waals surface area contributed by atoms with Crippen molar-refractivity contribution in [3.8, 4) is 0 Å². The number of rotatable bonds is 8. The van der Waals surface area contributed by atoms with E-state index in [1.54, 1.807) is 4.90 Å². The molecule has 23 heavy (non-hydrogen) atoms. The van der Waals surface area contributed by atoms with Gasteiger partial charge in [-0.25, -0.2) is 4.79 Å². The second-order valence-corrected chi connectivity index (χ2v) is 7.40. The van der Waals surface area contributed by atoms with Gasteiger partial charge in [-0.05, 0) is 19.3 Å². The molecule has 0 aromatic heterocycles. The lowest BCUT2D eigenvalue weighted by Crippen LogP contribution is -2.48. The number of thioether (sulfide) groups is 1. The van der Waals surface area contributed by atoms with Gasteiger partial charge in [0, 0.05) is 25.8 Å². The van der Waals surface area contributed by atoms with Crippen LogP contribution in [-0.2, 0) is 9.59 Å². The van der Waals surface area contributed by atoms with E-state index in [0.29, 0.717) is 24.8 Å². The number of aliphatic carboxylic acids is 1. The molecule has 1 saturated carbocycles. The van der Waals surface area contributed by atoms with Crippen LogP contribution in [0.3, 0.4) is 0 Å². The maximum atomic E-state index is 12.3. The highest BCUT2D eigenvalue weighted by atomic mass is 32.2. The average Bonchev–Trinajstić information content (AvgIpc) is 2.51. The van der Waals surface area contributed by atoms with Crippen molar-refractivity contribution in [2.75, 3.05) is 18.8 Å². The van der Waals surface area contributed by atoms with Crippen LogP contribution < -0.4 is 5.32 Å². The zero-order chi connectivity index (χ0) is 17.2. The Kier molecular flexibility index (Phi) is 9.06. The first-order valence-electron chi connectivity index (χ1n) is 8.31.